The van der Waals surface area contributed by atoms with Crippen LogP contribution in [0.5, 0.6) is 11.5 Å². The lowest BCUT2D eigenvalue weighted by Crippen LogP contribution is -2.48. The van der Waals surface area contributed by atoms with E-state index < -0.39 is 24.7 Å². The highest BCUT2D eigenvalue weighted by Gasteiger charge is 2.36. The number of esters is 1. The summed E-state index contributed by atoms with van der Waals surface area (Å²) in [4.78, 5) is 26.4. The number of rotatable bonds is 8. The first-order valence-corrected chi connectivity index (χ1v) is 8.53. The van der Waals surface area contributed by atoms with Crippen LogP contribution in [0.3, 0.4) is 0 Å². The fraction of sp³-hybridized carbons (Fsp3) is 0.368. The zero-order valence-corrected chi connectivity index (χ0v) is 15.8. The number of carbonyl (C=O) groups is 2. The maximum absolute atomic E-state index is 12.7. The summed E-state index contributed by atoms with van der Waals surface area (Å²) < 4.78 is 40.1. The smallest absolute Gasteiger partial charge is 0.387 e. The first-order valence-electron chi connectivity index (χ1n) is 8.53. The molecule has 1 atom stereocenters. The van der Waals surface area contributed by atoms with E-state index >= 15 is 0 Å². The van der Waals surface area contributed by atoms with Crippen LogP contribution in [0.2, 0.25) is 0 Å². The molecule has 2 amide bonds. The topological polar surface area (TPSA) is 77.1 Å². The number of methoxy groups -OCH3 is 1. The van der Waals surface area contributed by atoms with Crippen molar-refractivity contribution in [1.82, 2.24) is 10.2 Å². The minimum atomic E-state index is -3.06. The molecule has 28 heavy (non-hydrogen) atoms. The van der Waals surface area contributed by atoms with Crippen molar-refractivity contribution in [3.8, 4) is 11.5 Å². The van der Waals surface area contributed by atoms with Gasteiger partial charge in [-0.2, -0.15) is 8.78 Å². The third-order valence-corrected chi connectivity index (χ3v) is 4.14. The third-order valence-electron chi connectivity index (χ3n) is 4.14. The van der Waals surface area contributed by atoms with Crippen molar-refractivity contribution in [1.29, 1.82) is 0 Å². The molecule has 0 unspecified atom stereocenters. The van der Waals surface area contributed by atoms with Gasteiger partial charge in [-0.05, 0) is 31.5 Å². The Morgan fingerprint density at radius 2 is 2.11 bits per heavy atom. The summed E-state index contributed by atoms with van der Waals surface area (Å²) in [5.41, 5.74) is 0.946. The van der Waals surface area contributed by atoms with Crippen molar-refractivity contribution in [2.45, 2.75) is 26.5 Å². The highest BCUT2D eigenvalue weighted by Crippen LogP contribution is 2.36. The molecule has 1 aliphatic heterocycles. The van der Waals surface area contributed by atoms with E-state index in [1.54, 1.807) is 19.9 Å². The number of hydrogen-bond donors (Lipinski definition) is 1. The van der Waals surface area contributed by atoms with Gasteiger partial charge in [0.2, 0.25) is 0 Å². The van der Waals surface area contributed by atoms with Crippen molar-refractivity contribution in [2.75, 3.05) is 20.3 Å². The van der Waals surface area contributed by atoms with Gasteiger partial charge >= 0.3 is 18.6 Å². The van der Waals surface area contributed by atoms with Crippen LogP contribution < -0.4 is 14.8 Å². The SMILES string of the molecule is C=CCN1C(=O)N[C@@H](c2ccc(OC)c(OC(F)F)c2)C(C(=O)OCC)=C1C. The Labute approximate surface area is 161 Å². The fourth-order valence-corrected chi connectivity index (χ4v) is 2.91. The average Bonchev–Trinajstić information content (AvgIpc) is 2.64. The summed E-state index contributed by atoms with van der Waals surface area (Å²) in [5, 5.41) is 2.70. The number of amides is 2. The van der Waals surface area contributed by atoms with Gasteiger partial charge in [0.1, 0.15) is 0 Å². The lowest BCUT2D eigenvalue weighted by atomic mass is 9.94. The monoisotopic (exact) mass is 396 g/mol. The van der Waals surface area contributed by atoms with E-state index in [2.05, 4.69) is 16.6 Å². The minimum absolute atomic E-state index is 0.0952. The number of carbonyl (C=O) groups excluding carboxylic acids is 2. The Morgan fingerprint density at radius 1 is 1.39 bits per heavy atom. The standard InChI is InChI=1S/C19H22F2N2O5/c1-5-9-23-11(3)15(17(24)27-6-2)16(22-19(23)25)12-7-8-13(26-4)14(10-12)28-18(20)21/h5,7-8,10,16,18H,1,6,9H2,2-4H3,(H,22,25)/t16-/m0/s1. The molecule has 0 fully saturated rings. The van der Waals surface area contributed by atoms with Gasteiger partial charge in [0.15, 0.2) is 11.5 Å². The van der Waals surface area contributed by atoms with E-state index in [-0.39, 0.29) is 30.2 Å². The molecule has 0 aliphatic carbocycles. The van der Waals surface area contributed by atoms with E-state index in [1.807, 2.05) is 0 Å². The molecule has 1 aromatic carbocycles. The fourth-order valence-electron chi connectivity index (χ4n) is 2.91. The second-order valence-electron chi connectivity index (χ2n) is 5.79. The van der Waals surface area contributed by atoms with E-state index in [4.69, 9.17) is 9.47 Å². The van der Waals surface area contributed by atoms with Crippen LogP contribution in [-0.4, -0.2) is 43.8 Å². The highest BCUT2D eigenvalue weighted by atomic mass is 19.3. The predicted octanol–water partition coefficient (Wildman–Crippen LogP) is 3.39. The van der Waals surface area contributed by atoms with Gasteiger partial charge in [-0.1, -0.05) is 12.1 Å². The highest BCUT2D eigenvalue weighted by molar-refractivity contribution is 5.95. The summed E-state index contributed by atoms with van der Waals surface area (Å²) in [6, 6.07) is 2.91. The minimum Gasteiger partial charge on any atom is -0.493 e. The van der Waals surface area contributed by atoms with Gasteiger partial charge < -0.3 is 19.5 Å². The van der Waals surface area contributed by atoms with Crippen LogP contribution in [0.4, 0.5) is 13.6 Å². The Balaban J connectivity index is 2.56. The summed E-state index contributed by atoms with van der Waals surface area (Å²) in [6.45, 7) is 4.15. The molecule has 0 bridgehead atoms. The van der Waals surface area contributed by atoms with Gasteiger partial charge in [0.05, 0.1) is 25.3 Å². The zero-order valence-electron chi connectivity index (χ0n) is 15.8. The Bertz CT molecular complexity index is 795. The van der Waals surface area contributed by atoms with Gasteiger partial charge in [0, 0.05) is 12.2 Å². The normalized spacial score (nSPS) is 16.7. The largest absolute Gasteiger partial charge is 0.493 e. The Morgan fingerprint density at radius 3 is 2.68 bits per heavy atom. The van der Waals surface area contributed by atoms with Crippen molar-refractivity contribution in [2.24, 2.45) is 0 Å². The van der Waals surface area contributed by atoms with Crippen LogP contribution in [0.1, 0.15) is 25.5 Å². The molecule has 1 aliphatic rings. The molecule has 0 saturated heterocycles. The van der Waals surface area contributed by atoms with Crippen LogP contribution in [-0.2, 0) is 9.53 Å². The molecule has 2 rings (SSSR count). The molecule has 0 saturated carbocycles. The molecule has 7 nitrogen and oxygen atoms in total. The second kappa shape index (κ2) is 9.20. The molecule has 1 N–H and O–H groups in total. The lowest BCUT2D eigenvalue weighted by Gasteiger charge is -2.35. The van der Waals surface area contributed by atoms with Crippen molar-refractivity contribution >= 4 is 12.0 Å². The summed E-state index contributed by atoms with van der Waals surface area (Å²) in [5.74, 6) is -0.734. The second-order valence-corrected chi connectivity index (χ2v) is 5.79. The summed E-state index contributed by atoms with van der Waals surface area (Å²) in [7, 11) is 1.32. The van der Waals surface area contributed by atoms with E-state index in [1.165, 1.54) is 30.2 Å². The molecule has 9 heteroatoms. The molecule has 1 aromatic rings. The Kier molecular flexibility index (Phi) is 6.97. The molecular formula is C19H22F2N2O5. The number of benzene rings is 1. The van der Waals surface area contributed by atoms with Crippen LogP contribution in [0.15, 0.2) is 42.1 Å². The Hall–Kier alpha value is -3.10. The number of nitrogens with zero attached hydrogens (tertiary/aromatic N) is 1. The number of alkyl halides is 2. The average molecular weight is 396 g/mol. The number of nitrogens with one attached hydrogen (secondary N) is 1. The molecule has 0 spiro atoms. The maximum Gasteiger partial charge on any atom is 0.387 e. The molecule has 0 radical (unpaired) electrons. The zero-order chi connectivity index (χ0) is 20.8. The van der Waals surface area contributed by atoms with Crippen molar-refractivity contribution < 1.29 is 32.6 Å². The maximum atomic E-state index is 12.7. The van der Waals surface area contributed by atoms with Crippen LogP contribution >= 0.6 is 0 Å². The number of urea groups is 1. The van der Waals surface area contributed by atoms with E-state index in [0.29, 0.717) is 11.3 Å². The van der Waals surface area contributed by atoms with Gasteiger partial charge in [-0.25, -0.2) is 9.59 Å². The number of hydrogen-bond acceptors (Lipinski definition) is 5. The first-order chi connectivity index (χ1) is 13.3. The van der Waals surface area contributed by atoms with E-state index in [9.17, 15) is 18.4 Å². The molecule has 0 aromatic heterocycles. The molecular weight excluding hydrogens is 374 g/mol. The lowest BCUT2D eigenvalue weighted by molar-refractivity contribution is -0.139. The summed E-state index contributed by atoms with van der Waals surface area (Å²) in [6.07, 6.45) is 1.52. The summed E-state index contributed by atoms with van der Waals surface area (Å²) >= 11 is 0. The van der Waals surface area contributed by atoms with E-state index in [0.717, 1.165) is 0 Å². The van der Waals surface area contributed by atoms with Crippen LogP contribution in [0, 0.1) is 0 Å². The van der Waals surface area contributed by atoms with Crippen molar-refractivity contribution in [3.63, 3.8) is 0 Å². The predicted molar refractivity (Wildman–Crippen MR) is 97.1 cm³/mol. The molecule has 152 valence electrons. The number of ether oxygens (including phenoxy) is 3. The van der Waals surface area contributed by atoms with Gasteiger partial charge in [-0.15, -0.1) is 6.58 Å². The van der Waals surface area contributed by atoms with Crippen molar-refractivity contribution in [3.05, 3.63) is 47.7 Å². The third kappa shape index (κ3) is 4.41. The first kappa shape index (κ1) is 21.2. The molecule has 1 heterocycles. The number of allylic oxidation sites excluding steroid dienone is 1. The number of halogens is 2. The quantitative estimate of drug-likeness (QED) is 0.538. The van der Waals surface area contributed by atoms with Gasteiger partial charge in [0.25, 0.3) is 0 Å². The van der Waals surface area contributed by atoms with Crippen LogP contribution in [0.25, 0.3) is 0 Å². The van der Waals surface area contributed by atoms with Gasteiger partial charge in [-0.3, -0.25) is 4.90 Å².